The number of rotatable bonds is 6. The van der Waals surface area contributed by atoms with Crippen molar-refractivity contribution in [1.29, 1.82) is 0 Å². The molecule has 4 nitrogen and oxygen atoms in total. The van der Waals surface area contributed by atoms with E-state index in [1.165, 1.54) is 24.3 Å². The summed E-state index contributed by atoms with van der Waals surface area (Å²) in [7, 11) is 0. The highest BCUT2D eigenvalue weighted by atomic mass is 32.2. The third-order valence-corrected chi connectivity index (χ3v) is 3.07. The lowest BCUT2D eigenvalue weighted by molar-refractivity contribution is -0.147. The Bertz CT molecular complexity index is 515. The average molecular weight is 335 g/mol. The lowest BCUT2D eigenvalue weighted by atomic mass is 10.2. The van der Waals surface area contributed by atoms with Crippen LogP contribution in [0.2, 0.25) is 0 Å². The maximum absolute atomic E-state index is 12.2. The molecule has 1 N–H and O–H groups in total. The number of hydrogen-bond donors (Lipinski definition) is 1. The molecule has 0 bridgehead atoms. The Morgan fingerprint density at radius 3 is 2.32 bits per heavy atom. The number of amides is 1. The zero-order valence-corrected chi connectivity index (χ0v) is 12.9. The van der Waals surface area contributed by atoms with Crippen molar-refractivity contribution in [2.75, 3.05) is 6.54 Å². The molecule has 8 heteroatoms. The van der Waals surface area contributed by atoms with Gasteiger partial charge in [-0.1, -0.05) is 0 Å². The van der Waals surface area contributed by atoms with E-state index >= 15 is 0 Å². The number of benzene rings is 1. The van der Waals surface area contributed by atoms with Gasteiger partial charge in [-0.15, -0.1) is 0 Å². The summed E-state index contributed by atoms with van der Waals surface area (Å²) in [5.41, 5.74) is -4.13. The first-order chi connectivity index (χ1) is 10.2. The minimum atomic E-state index is -4.36. The highest BCUT2D eigenvalue weighted by Gasteiger charge is 2.29. The molecule has 22 heavy (non-hydrogen) atoms. The van der Waals surface area contributed by atoms with Gasteiger partial charge in [-0.05, 0) is 49.9 Å². The molecule has 1 rings (SSSR count). The molecule has 0 spiro atoms. The third-order valence-electron chi connectivity index (χ3n) is 2.33. The van der Waals surface area contributed by atoms with Crippen molar-refractivity contribution in [2.45, 2.75) is 36.8 Å². The molecule has 0 aliphatic carbocycles. The number of alkyl halides is 3. The summed E-state index contributed by atoms with van der Waals surface area (Å²) in [4.78, 5) is 23.0. The fraction of sp³-hybridized carbons (Fsp3) is 0.429. The first-order valence-electron chi connectivity index (χ1n) is 6.51. The van der Waals surface area contributed by atoms with Crippen LogP contribution >= 0.6 is 11.8 Å². The van der Waals surface area contributed by atoms with Crippen molar-refractivity contribution in [1.82, 2.24) is 5.32 Å². The normalized spacial score (nSPS) is 11.4. The van der Waals surface area contributed by atoms with Crippen LogP contribution in [-0.2, 0) is 9.53 Å². The van der Waals surface area contributed by atoms with Crippen molar-refractivity contribution in [3.63, 3.8) is 0 Å². The first-order valence-corrected chi connectivity index (χ1v) is 7.32. The highest BCUT2D eigenvalue weighted by molar-refractivity contribution is 8.00. The highest BCUT2D eigenvalue weighted by Crippen LogP contribution is 2.36. The zero-order chi connectivity index (χ0) is 16.8. The molecule has 0 aromatic heterocycles. The van der Waals surface area contributed by atoms with Crippen molar-refractivity contribution < 1.29 is 27.5 Å². The van der Waals surface area contributed by atoms with E-state index in [2.05, 4.69) is 5.32 Å². The van der Waals surface area contributed by atoms with E-state index in [0.717, 1.165) is 0 Å². The molecule has 1 amide bonds. The van der Waals surface area contributed by atoms with Gasteiger partial charge in [0.05, 0.1) is 12.5 Å². The van der Waals surface area contributed by atoms with Crippen LogP contribution in [0.25, 0.3) is 0 Å². The Morgan fingerprint density at radius 2 is 1.82 bits per heavy atom. The second kappa shape index (κ2) is 8.07. The first kappa shape index (κ1) is 18.3. The summed E-state index contributed by atoms with van der Waals surface area (Å²) >= 11 is -0.244. The number of halogens is 3. The lowest BCUT2D eigenvalue weighted by Crippen LogP contribution is -2.27. The maximum Gasteiger partial charge on any atom is 0.446 e. The molecule has 1 aromatic carbocycles. The number of hydrogen-bond acceptors (Lipinski definition) is 4. The quantitative estimate of drug-likeness (QED) is 0.640. The molecule has 0 saturated heterocycles. The maximum atomic E-state index is 12.2. The SMILES string of the molecule is CC(C)OC(=O)CCNC(=O)c1ccc(SC(F)(F)F)cc1. The van der Waals surface area contributed by atoms with E-state index < -0.39 is 17.4 Å². The van der Waals surface area contributed by atoms with Crippen LogP contribution in [0.3, 0.4) is 0 Å². The van der Waals surface area contributed by atoms with Gasteiger partial charge in [0, 0.05) is 17.0 Å². The van der Waals surface area contributed by atoms with E-state index in [4.69, 9.17) is 4.74 Å². The average Bonchev–Trinajstić information content (AvgIpc) is 2.36. The number of nitrogens with one attached hydrogen (secondary N) is 1. The molecular weight excluding hydrogens is 319 g/mol. The van der Waals surface area contributed by atoms with Crippen LogP contribution in [0.5, 0.6) is 0 Å². The molecule has 0 saturated carbocycles. The number of carbonyl (C=O) groups excluding carboxylic acids is 2. The Hall–Kier alpha value is -1.70. The summed E-state index contributed by atoms with van der Waals surface area (Å²) < 4.78 is 41.4. The largest absolute Gasteiger partial charge is 0.463 e. The molecule has 1 aromatic rings. The van der Waals surface area contributed by atoms with Crippen molar-refractivity contribution in [2.24, 2.45) is 0 Å². The molecule has 0 aliphatic heterocycles. The summed E-state index contributed by atoms with van der Waals surface area (Å²) in [6.45, 7) is 3.54. The van der Waals surface area contributed by atoms with Crippen molar-refractivity contribution in [3.05, 3.63) is 29.8 Å². The van der Waals surface area contributed by atoms with Crippen LogP contribution < -0.4 is 5.32 Å². The topological polar surface area (TPSA) is 55.4 Å². The smallest absolute Gasteiger partial charge is 0.446 e. The van der Waals surface area contributed by atoms with Crippen LogP contribution in [0.15, 0.2) is 29.2 Å². The van der Waals surface area contributed by atoms with Gasteiger partial charge in [0.25, 0.3) is 5.91 Å². The third kappa shape index (κ3) is 7.35. The molecular formula is C14H16F3NO3S. The Balaban J connectivity index is 2.44. The van der Waals surface area contributed by atoms with Gasteiger partial charge in [-0.2, -0.15) is 13.2 Å². The van der Waals surface area contributed by atoms with E-state index in [1.54, 1.807) is 13.8 Å². The van der Waals surface area contributed by atoms with Crippen LogP contribution in [0, 0.1) is 0 Å². The Labute approximate surface area is 130 Å². The van der Waals surface area contributed by atoms with Gasteiger partial charge in [-0.25, -0.2) is 0 Å². The van der Waals surface area contributed by atoms with E-state index in [9.17, 15) is 22.8 Å². The van der Waals surface area contributed by atoms with E-state index in [1.807, 2.05) is 0 Å². The number of thioether (sulfide) groups is 1. The van der Waals surface area contributed by atoms with Crippen molar-refractivity contribution in [3.8, 4) is 0 Å². The predicted octanol–water partition coefficient (Wildman–Crippen LogP) is 3.37. The molecule has 0 atom stereocenters. The van der Waals surface area contributed by atoms with E-state index in [0.29, 0.717) is 0 Å². The summed E-state index contributed by atoms with van der Waals surface area (Å²) in [5, 5.41) is 2.50. The molecule has 122 valence electrons. The van der Waals surface area contributed by atoms with Crippen LogP contribution in [-0.4, -0.2) is 30.0 Å². The van der Waals surface area contributed by atoms with Crippen LogP contribution in [0.4, 0.5) is 13.2 Å². The van der Waals surface area contributed by atoms with Gasteiger partial charge in [0.1, 0.15) is 0 Å². The van der Waals surface area contributed by atoms with Gasteiger partial charge in [0.2, 0.25) is 0 Å². The molecule has 0 heterocycles. The summed E-state index contributed by atoms with van der Waals surface area (Å²) in [6, 6.07) is 5.05. The van der Waals surface area contributed by atoms with Gasteiger partial charge >= 0.3 is 11.5 Å². The standard InChI is InChI=1S/C14H16F3NO3S/c1-9(2)21-12(19)7-8-18-13(20)10-3-5-11(6-4-10)22-14(15,16)17/h3-6,9H,7-8H2,1-2H3,(H,18,20). The Kier molecular flexibility index (Phi) is 6.73. The lowest BCUT2D eigenvalue weighted by Gasteiger charge is -2.09. The molecule has 0 aliphatic rings. The van der Waals surface area contributed by atoms with Gasteiger partial charge in [0.15, 0.2) is 0 Å². The summed E-state index contributed by atoms with van der Waals surface area (Å²) in [6.07, 6.45) is -0.187. The minimum Gasteiger partial charge on any atom is -0.463 e. The molecule has 0 unspecified atom stereocenters. The van der Waals surface area contributed by atoms with Crippen LogP contribution in [0.1, 0.15) is 30.6 Å². The Morgan fingerprint density at radius 1 is 1.23 bits per heavy atom. The number of carbonyl (C=O) groups is 2. The minimum absolute atomic E-state index is 0.00422. The zero-order valence-electron chi connectivity index (χ0n) is 12.1. The van der Waals surface area contributed by atoms with Gasteiger partial charge in [-0.3, -0.25) is 9.59 Å². The number of esters is 1. The summed E-state index contributed by atoms with van der Waals surface area (Å²) in [5.74, 6) is -0.881. The number of ether oxygens (including phenoxy) is 1. The molecule has 0 radical (unpaired) electrons. The molecule has 0 fully saturated rings. The second-order valence-electron chi connectivity index (χ2n) is 4.62. The fourth-order valence-electron chi connectivity index (χ4n) is 1.51. The monoisotopic (exact) mass is 335 g/mol. The predicted molar refractivity (Wildman–Crippen MR) is 76.5 cm³/mol. The second-order valence-corrected chi connectivity index (χ2v) is 5.76. The fourth-order valence-corrected chi connectivity index (χ4v) is 2.05. The van der Waals surface area contributed by atoms with Gasteiger partial charge < -0.3 is 10.1 Å². The van der Waals surface area contributed by atoms with E-state index in [-0.39, 0.29) is 41.3 Å². The van der Waals surface area contributed by atoms with Crippen molar-refractivity contribution >= 4 is 23.6 Å².